The molecule has 0 saturated carbocycles. The van der Waals surface area contributed by atoms with Gasteiger partial charge in [-0.1, -0.05) is 0 Å². The number of thiophene rings is 1. The van der Waals surface area contributed by atoms with Crippen molar-refractivity contribution in [2.75, 3.05) is 39.5 Å². The van der Waals surface area contributed by atoms with E-state index >= 15 is 0 Å². The van der Waals surface area contributed by atoms with Gasteiger partial charge in [-0.05, 0) is 51.9 Å². The minimum absolute atomic E-state index is 0.101. The van der Waals surface area contributed by atoms with Gasteiger partial charge in [0.1, 0.15) is 0 Å². The number of piperidine rings is 1. The molecule has 1 fully saturated rings. The van der Waals surface area contributed by atoms with Gasteiger partial charge in [0, 0.05) is 24.2 Å². The van der Waals surface area contributed by atoms with Crippen LogP contribution in [0, 0.1) is 12.8 Å². The first-order valence-corrected chi connectivity index (χ1v) is 7.59. The van der Waals surface area contributed by atoms with Crippen molar-refractivity contribution in [2.45, 2.75) is 19.8 Å². The summed E-state index contributed by atoms with van der Waals surface area (Å²) in [6, 6.07) is 1.80. The first kappa shape index (κ1) is 14.3. The summed E-state index contributed by atoms with van der Waals surface area (Å²) in [5, 5.41) is 0. The van der Waals surface area contributed by atoms with Gasteiger partial charge in [-0.15, -0.1) is 11.3 Å². The molecule has 4 nitrogen and oxygen atoms in total. The molecule has 1 aliphatic rings. The third-order valence-corrected chi connectivity index (χ3v) is 4.94. The Morgan fingerprint density at radius 1 is 1.53 bits per heavy atom. The molecular formula is C14H23N3OS. The van der Waals surface area contributed by atoms with Crippen molar-refractivity contribution < 1.29 is 4.79 Å². The SMILES string of the molecule is Cc1sc(C(=O)N(C)CC2CCN(C)CC2)cc1N. The monoisotopic (exact) mass is 281 g/mol. The van der Waals surface area contributed by atoms with Crippen LogP contribution >= 0.6 is 11.3 Å². The number of rotatable bonds is 3. The van der Waals surface area contributed by atoms with E-state index in [0.717, 1.165) is 35.1 Å². The smallest absolute Gasteiger partial charge is 0.263 e. The molecule has 0 bridgehead atoms. The molecule has 0 unspecified atom stereocenters. The highest BCUT2D eigenvalue weighted by Gasteiger charge is 2.22. The second kappa shape index (κ2) is 5.92. The third kappa shape index (κ3) is 3.48. The van der Waals surface area contributed by atoms with E-state index in [4.69, 9.17) is 5.73 Å². The van der Waals surface area contributed by atoms with Gasteiger partial charge in [0.2, 0.25) is 0 Å². The Morgan fingerprint density at radius 2 is 2.16 bits per heavy atom. The number of hydrogen-bond donors (Lipinski definition) is 1. The number of nitrogen functional groups attached to an aromatic ring is 1. The molecule has 0 aromatic carbocycles. The maximum Gasteiger partial charge on any atom is 0.263 e. The Balaban J connectivity index is 1.92. The minimum Gasteiger partial charge on any atom is -0.398 e. The summed E-state index contributed by atoms with van der Waals surface area (Å²) in [5.41, 5.74) is 6.54. The van der Waals surface area contributed by atoms with E-state index in [0.29, 0.717) is 5.92 Å². The van der Waals surface area contributed by atoms with Gasteiger partial charge in [-0.3, -0.25) is 4.79 Å². The van der Waals surface area contributed by atoms with E-state index in [-0.39, 0.29) is 5.91 Å². The number of amides is 1. The number of nitrogens with two attached hydrogens (primary N) is 1. The van der Waals surface area contributed by atoms with Crippen molar-refractivity contribution in [2.24, 2.45) is 5.92 Å². The van der Waals surface area contributed by atoms with Crippen molar-refractivity contribution >= 4 is 22.9 Å². The van der Waals surface area contributed by atoms with E-state index in [1.165, 1.54) is 24.2 Å². The van der Waals surface area contributed by atoms with E-state index in [1.54, 1.807) is 6.07 Å². The second-order valence-electron chi connectivity index (χ2n) is 5.55. The summed E-state index contributed by atoms with van der Waals surface area (Å²) in [5.74, 6) is 0.729. The van der Waals surface area contributed by atoms with Gasteiger partial charge >= 0.3 is 0 Å². The van der Waals surface area contributed by atoms with Crippen LogP contribution in [-0.2, 0) is 0 Å². The number of carbonyl (C=O) groups excluding carboxylic acids is 1. The van der Waals surface area contributed by atoms with Crippen LogP contribution in [0.25, 0.3) is 0 Å². The Hall–Kier alpha value is -1.07. The fraction of sp³-hybridized carbons (Fsp3) is 0.643. The lowest BCUT2D eigenvalue weighted by atomic mass is 9.96. The molecular weight excluding hydrogens is 258 g/mol. The Kier molecular flexibility index (Phi) is 4.47. The van der Waals surface area contributed by atoms with Gasteiger partial charge < -0.3 is 15.5 Å². The normalized spacial score (nSPS) is 17.6. The Morgan fingerprint density at radius 3 is 2.68 bits per heavy atom. The van der Waals surface area contributed by atoms with Gasteiger partial charge in [0.05, 0.1) is 4.88 Å². The average molecular weight is 281 g/mol. The van der Waals surface area contributed by atoms with Crippen LogP contribution in [0.15, 0.2) is 6.07 Å². The second-order valence-corrected chi connectivity index (χ2v) is 6.81. The first-order chi connectivity index (χ1) is 8.97. The molecule has 2 heterocycles. The Bertz CT molecular complexity index is 430. The predicted molar refractivity (Wildman–Crippen MR) is 80.6 cm³/mol. The zero-order chi connectivity index (χ0) is 14.0. The fourth-order valence-corrected chi connectivity index (χ4v) is 3.44. The largest absolute Gasteiger partial charge is 0.398 e. The van der Waals surface area contributed by atoms with Gasteiger partial charge in [-0.25, -0.2) is 0 Å². The topological polar surface area (TPSA) is 49.6 Å². The van der Waals surface area contributed by atoms with Gasteiger partial charge in [0.15, 0.2) is 0 Å². The standard InChI is InChI=1S/C14H23N3OS/c1-10-12(15)8-13(19-10)14(18)17(3)9-11-4-6-16(2)7-5-11/h8,11H,4-7,9,15H2,1-3H3. The third-order valence-electron chi connectivity index (χ3n) is 3.88. The van der Waals surface area contributed by atoms with Crippen molar-refractivity contribution in [3.05, 3.63) is 15.8 Å². The first-order valence-electron chi connectivity index (χ1n) is 6.77. The van der Waals surface area contributed by atoms with E-state index in [2.05, 4.69) is 11.9 Å². The van der Waals surface area contributed by atoms with Crippen molar-refractivity contribution in [1.29, 1.82) is 0 Å². The van der Waals surface area contributed by atoms with Gasteiger partial charge in [-0.2, -0.15) is 0 Å². The summed E-state index contributed by atoms with van der Waals surface area (Å²) in [4.78, 5) is 18.3. The maximum absolute atomic E-state index is 12.3. The lowest BCUT2D eigenvalue weighted by Crippen LogP contribution is -2.37. The number of nitrogens with zero attached hydrogens (tertiary/aromatic N) is 2. The van der Waals surface area contributed by atoms with E-state index in [1.807, 2.05) is 18.9 Å². The molecule has 0 aliphatic carbocycles. The minimum atomic E-state index is 0.101. The van der Waals surface area contributed by atoms with Crippen LogP contribution in [-0.4, -0.2) is 49.4 Å². The van der Waals surface area contributed by atoms with E-state index in [9.17, 15) is 4.79 Å². The van der Waals surface area contributed by atoms with Gasteiger partial charge in [0.25, 0.3) is 5.91 Å². The highest BCUT2D eigenvalue weighted by Crippen LogP contribution is 2.25. The summed E-state index contributed by atoms with van der Waals surface area (Å²) < 4.78 is 0. The van der Waals surface area contributed by atoms with Crippen LogP contribution in [0.3, 0.4) is 0 Å². The number of aryl methyl sites for hydroxylation is 1. The molecule has 1 aromatic rings. The summed E-state index contributed by atoms with van der Waals surface area (Å²) >= 11 is 1.49. The maximum atomic E-state index is 12.3. The molecule has 1 aromatic heterocycles. The molecule has 5 heteroatoms. The van der Waals surface area contributed by atoms with Crippen LogP contribution in [0.1, 0.15) is 27.4 Å². The molecule has 2 rings (SSSR count). The van der Waals surface area contributed by atoms with Crippen molar-refractivity contribution in [1.82, 2.24) is 9.80 Å². The number of likely N-dealkylation sites (tertiary alicyclic amines) is 1. The molecule has 0 atom stereocenters. The average Bonchev–Trinajstić information content (AvgIpc) is 2.71. The molecule has 0 spiro atoms. The molecule has 0 radical (unpaired) electrons. The molecule has 2 N–H and O–H groups in total. The number of anilines is 1. The number of hydrogen-bond acceptors (Lipinski definition) is 4. The summed E-state index contributed by atoms with van der Waals surface area (Å²) in [6.45, 7) is 5.08. The highest BCUT2D eigenvalue weighted by atomic mass is 32.1. The Labute approximate surface area is 119 Å². The van der Waals surface area contributed by atoms with Crippen LogP contribution < -0.4 is 5.73 Å². The van der Waals surface area contributed by atoms with Crippen LogP contribution in [0.4, 0.5) is 5.69 Å². The molecule has 1 aliphatic heterocycles. The lowest BCUT2D eigenvalue weighted by Gasteiger charge is -2.31. The quantitative estimate of drug-likeness (QED) is 0.922. The summed E-state index contributed by atoms with van der Waals surface area (Å²) in [6.07, 6.45) is 2.36. The van der Waals surface area contributed by atoms with E-state index < -0.39 is 0 Å². The van der Waals surface area contributed by atoms with Crippen molar-refractivity contribution in [3.63, 3.8) is 0 Å². The zero-order valence-corrected chi connectivity index (χ0v) is 12.8. The molecule has 1 amide bonds. The zero-order valence-electron chi connectivity index (χ0n) is 12.0. The van der Waals surface area contributed by atoms with Crippen LogP contribution in [0.5, 0.6) is 0 Å². The molecule has 1 saturated heterocycles. The summed E-state index contributed by atoms with van der Waals surface area (Å²) in [7, 11) is 4.05. The van der Waals surface area contributed by atoms with Crippen LogP contribution in [0.2, 0.25) is 0 Å². The molecule has 19 heavy (non-hydrogen) atoms. The predicted octanol–water partition coefficient (Wildman–Crippen LogP) is 2.05. The lowest BCUT2D eigenvalue weighted by molar-refractivity contribution is 0.0752. The fourth-order valence-electron chi connectivity index (χ4n) is 2.50. The van der Waals surface area contributed by atoms with Crippen molar-refractivity contribution in [3.8, 4) is 0 Å². The number of carbonyl (C=O) groups is 1. The molecule has 106 valence electrons. The highest BCUT2D eigenvalue weighted by molar-refractivity contribution is 7.14.